The largest absolute Gasteiger partial charge is 0.462 e. The zero-order valence-corrected chi connectivity index (χ0v) is 14.8. The number of hydrogen-bond donors (Lipinski definition) is 2. The maximum absolute atomic E-state index is 12.8. The molecule has 26 heavy (non-hydrogen) atoms. The average Bonchev–Trinajstić information content (AvgIpc) is 2.93. The molecule has 0 amide bonds. The lowest BCUT2D eigenvalue weighted by Gasteiger charge is -2.13. The first-order chi connectivity index (χ1) is 12.3. The fourth-order valence-corrected chi connectivity index (χ4v) is 3.86. The van der Waals surface area contributed by atoms with Gasteiger partial charge in [0.05, 0.1) is 28.3 Å². The number of nitrogens with one attached hydrogen (secondary N) is 2. The van der Waals surface area contributed by atoms with Crippen molar-refractivity contribution in [3.63, 3.8) is 0 Å². The van der Waals surface area contributed by atoms with Crippen LogP contribution in [0.1, 0.15) is 22.8 Å². The number of aromatic nitrogens is 1. The standard InChI is InChI=1S/C17H16N2O6S/c1-3-24-16(20)11-6-4-5-7-12(11)19-26(22,23)15-9-14-13(8-10(15)2)18-17(21)25-14/h4-9,19H,3H2,1-2H3,(H,18,21). The Labute approximate surface area is 148 Å². The molecule has 0 aliphatic carbocycles. The lowest BCUT2D eigenvalue weighted by Crippen LogP contribution is -2.17. The van der Waals surface area contributed by atoms with Crippen LogP contribution in [0.15, 0.2) is 50.5 Å². The van der Waals surface area contributed by atoms with Crippen LogP contribution in [0.5, 0.6) is 0 Å². The van der Waals surface area contributed by atoms with Crippen LogP contribution in [0.4, 0.5) is 5.69 Å². The molecule has 0 fully saturated rings. The van der Waals surface area contributed by atoms with E-state index < -0.39 is 21.7 Å². The number of ether oxygens (including phenoxy) is 1. The molecule has 0 radical (unpaired) electrons. The number of carbonyl (C=O) groups is 1. The summed E-state index contributed by atoms with van der Waals surface area (Å²) in [5.41, 5.74) is 1.14. The lowest BCUT2D eigenvalue weighted by molar-refractivity contribution is 0.0527. The summed E-state index contributed by atoms with van der Waals surface area (Å²) in [7, 11) is -4.03. The molecular formula is C17H16N2O6S. The number of benzene rings is 2. The molecule has 3 rings (SSSR count). The molecular weight excluding hydrogens is 360 g/mol. The van der Waals surface area contributed by atoms with E-state index in [1.807, 2.05) is 0 Å². The van der Waals surface area contributed by atoms with E-state index >= 15 is 0 Å². The molecule has 0 bridgehead atoms. The smallest absolute Gasteiger partial charge is 0.417 e. The molecule has 0 spiro atoms. The van der Waals surface area contributed by atoms with Crippen LogP contribution in [0.2, 0.25) is 0 Å². The molecule has 0 aliphatic rings. The van der Waals surface area contributed by atoms with Gasteiger partial charge in [-0.25, -0.2) is 18.0 Å². The zero-order chi connectivity index (χ0) is 18.9. The summed E-state index contributed by atoms with van der Waals surface area (Å²) in [6.07, 6.45) is 0. The number of sulfonamides is 1. The number of fused-ring (bicyclic) bond motifs is 1. The Morgan fingerprint density at radius 2 is 2.00 bits per heavy atom. The molecule has 2 N–H and O–H groups in total. The van der Waals surface area contributed by atoms with E-state index in [9.17, 15) is 18.0 Å². The predicted octanol–water partition coefficient (Wildman–Crippen LogP) is 2.41. The number of H-pyrrole nitrogens is 1. The van der Waals surface area contributed by atoms with Crippen molar-refractivity contribution in [1.82, 2.24) is 4.98 Å². The van der Waals surface area contributed by atoms with Gasteiger partial charge in [0.25, 0.3) is 10.0 Å². The maximum atomic E-state index is 12.8. The van der Waals surface area contributed by atoms with Gasteiger partial charge in [-0.15, -0.1) is 0 Å². The highest BCUT2D eigenvalue weighted by Crippen LogP contribution is 2.25. The van der Waals surface area contributed by atoms with Gasteiger partial charge in [0.1, 0.15) is 0 Å². The van der Waals surface area contributed by atoms with Gasteiger partial charge >= 0.3 is 11.7 Å². The van der Waals surface area contributed by atoms with Gasteiger partial charge in [0.2, 0.25) is 0 Å². The highest BCUT2D eigenvalue weighted by molar-refractivity contribution is 7.92. The molecule has 0 saturated carbocycles. The lowest BCUT2D eigenvalue weighted by atomic mass is 10.2. The highest BCUT2D eigenvalue weighted by atomic mass is 32.2. The molecule has 136 valence electrons. The van der Waals surface area contributed by atoms with Gasteiger partial charge in [-0.2, -0.15) is 0 Å². The summed E-state index contributed by atoms with van der Waals surface area (Å²) in [4.78, 5) is 25.7. The number of oxazole rings is 1. The van der Waals surface area contributed by atoms with Crippen molar-refractivity contribution in [2.45, 2.75) is 18.7 Å². The topological polar surface area (TPSA) is 118 Å². The van der Waals surface area contributed by atoms with Crippen LogP contribution in [0.3, 0.4) is 0 Å². The van der Waals surface area contributed by atoms with Gasteiger partial charge in [-0.3, -0.25) is 9.71 Å². The molecule has 0 atom stereocenters. The second kappa shape index (κ2) is 6.68. The Hall–Kier alpha value is -3.07. The number of carbonyl (C=O) groups excluding carboxylic acids is 1. The van der Waals surface area contributed by atoms with Gasteiger partial charge < -0.3 is 9.15 Å². The molecule has 1 aromatic heterocycles. The monoisotopic (exact) mass is 376 g/mol. The minimum Gasteiger partial charge on any atom is -0.462 e. The first-order valence-corrected chi connectivity index (χ1v) is 9.22. The Morgan fingerprint density at radius 3 is 2.73 bits per heavy atom. The number of aromatic amines is 1. The maximum Gasteiger partial charge on any atom is 0.417 e. The van der Waals surface area contributed by atoms with Crippen LogP contribution in [0, 0.1) is 6.92 Å². The van der Waals surface area contributed by atoms with Crippen molar-refractivity contribution >= 4 is 32.8 Å². The first-order valence-electron chi connectivity index (χ1n) is 7.74. The van der Waals surface area contributed by atoms with Crippen LogP contribution in [0.25, 0.3) is 11.1 Å². The molecule has 2 aromatic carbocycles. The van der Waals surface area contributed by atoms with Gasteiger partial charge in [0, 0.05) is 6.07 Å². The molecule has 3 aromatic rings. The summed E-state index contributed by atoms with van der Waals surface area (Å²) >= 11 is 0. The van der Waals surface area contributed by atoms with Crippen molar-refractivity contribution in [1.29, 1.82) is 0 Å². The summed E-state index contributed by atoms with van der Waals surface area (Å²) < 4.78 is 37.9. The molecule has 8 nitrogen and oxygen atoms in total. The van der Waals surface area contributed by atoms with Gasteiger partial charge in [-0.1, -0.05) is 12.1 Å². The Balaban J connectivity index is 2.04. The Bertz CT molecular complexity index is 1140. The molecule has 1 heterocycles. The SMILES string of the molecule is CCOC(=O)c1ccccc1NS(=O)(=O)c1cc2oc(=O)[nH]c2cc1C. The van der Waals surface area contributed by atoms with Crippen LogP contribution < -0.4 is 10.5 Å². The number of anilines is 1. The first kappa shape index (κ1) is 17.7. The summed E-state index contributed by atoms with van der Waals surface area (Å²) in [5, 5.41) is 0. The fraction of sp³-hybridized carbons (Fsp3) is 0.176. The molecule has 0 unspecified atom stereocenters. The third-order valence-electron chi connectivity index (χ3n) is 3.67. The summed E-state index contributed by atoms with van der Waals surface area (Å²) in [5.74, 6) is -1.30. The summed E-state index contributed by atoms with van der Waals surface area (Å²) in [6, 6.07) is 8.91. The van der Waals surface area contributed by atoms with E-state index in [1.54, 1.807) is 26.0 Å². The predicted molar refractivity (Wildman–Crippen MR) is 94.8 cm³/mol. The highest BCUT2D eigenvalue weighted by Gasteiger charge is 2.22. The van der Waals surface area contributed by atoms with E-state index in [-0.39, 0.29) is 28.3 Å². The second-order valence-corrected chi connectivity index (χ2v) is 7.15. The number of rotatable bonds is 5. The number of para-hydroxylation sites is 1. The third kappa shape index (κ3) is 3.33. The molecule has 0 aliphatic heterocycles. The quantitative estimate of drug-likeness (QED) is 0.660. The number of hydrogen-bond acceptors (Lipinski definition) is 6. The Kier molecular flexibility index (Phi) is 4.56. The zero-order valence-electron chi connectivity index (χ0n) is 14.0. The van der Waals surface area contributed by atoms with E-state index in [2.05, 4.69) is 9.71 Å². The van der Waals surface area contributed by atoms with Crippen LogP contribution in [-0.2, 0) is 14.8 Å². The normalized spacial score (nSPS) is 11.5. The van der Waals surface area contributed by atoms with Crippen LogP contribution >= 0.6 is 0 Å². The van der Waals surface area contributed by atoms with E-state index in [0.29, 0.717) is 11.1 Å². The van der Waals surface area contributed by atoms with Gasteiger partial charge in [0.15, 0.2) is 5.58 Å². The third-order valence-corrected chi connectivity index (χ3v) is 5.18. The van der Waals surface area contributed by atoms with Crippen molar-refractivity contribution in [3.05, 3.63) is 58.1 Å². The minimum absolute atomic E-state index is 0.0635. The van der Waals surface area contributed by atoms with Crippen molar-refractivity contribution in [2.75, 3.05) is 11.3 Å². The van der Waals surface area contributed by atoms with E-state index in [4.69, 9.17) is 9.15 Å². The van der Waals surface area contributed by atoms with Crippen molar-refractivity contribution in [2.24, 2.45) is 0 Å². The van der Waals surface area contributed by atoms with Crippen molar-refractivity contribution in [3.8, 4) is 0 Å². The number of aryl methyl sites for hydroxylation is 1. The average molecular weight is 376 g/mol. The minimum atomic E-state index is -4.03. The molecule has 0 saturated heterocycles. The Morgan fingerprint density at radius 1 is 1.27 bits per heavy atom. The number of esters is 1. The fourth-order valence-electron chi connectivity index (χ4n) is 2.54. The van der Waals surface area contributed by atoms with E-state index in [0.717, 1.165) is 0 Å². The van der Waals surface area contributed by atoms with Crippen molar-refractivity contribution < 1.29 is 22.4 Å². The van der Waals surface area contributed by atoms with Crippen LogP contribution in [-0.4, -0.2) is 26.0 Å². The van der Waals surface area contributed by atoms with Gasteiger partial charge in [-0.05, 0) is 37.6 Å². The molecule has 9 heteroatoms. The second-order valence-electron chi connectivity index (χ2n) is 5.50. The van der Waals surface area contributed by atoms with E-state index in [1.165, 1.54) is 24.3 Å². The summed E-state index contributed by atoms with van der Waals surface area (Å²) in [6.45, 7) is 3.42.